The molecule has 0 spiro atoms. The quantitative estimate of drug-likeness (QED) is 0.767. The molecule has 0 heterocycles. The lowest BCUT2D eigenvalue weighted by Gasteiger charge is -2.36. The first-order valence-electron chi connectivity index (χ1n) is 7.39. The number of hydrogen-bond acceptors (Lipinski definition) is 3. The summed E-state index contributed by atoms with van der Waals surface area (Å²) in [5.41, 5.74) is 6.35. The summed E-state index contributed by atoms with van der Waals surface area (Å²) in [6.07, 6.45) is 4.99. The smallest absolute Gasteiger partial charge is 0.228 e. The van der Waals surface area contributed by atoms with Gasteiger partial charge in [0.25, 0.3) is 0 Å². The lowest BCUT2D eigenvalue weighted by molar-refractivity contribution is -0.133. The molecule has 1 aromatic rings. The van der Waals surface area contributed by atoms with Gasteiger partial charge in [0.15, 0.2) is 0 Å². The molecular weight excluding hydrogens is 252 g/mol. The van der Waals surface area contributed by atoms with E-state index in [1.807, 2.05) is 30.3 Å². The number of hydrogen-bond donors (Lipinski definition) is 3. The average Bonchev–Trinajstić information content (AvgIpc) is 2.53. The lowest BCUT2D eigenvalue weighted by Crippen LogP contribution is -2.48. The molecule has 4 nitrogen and oxygen atoms in total. The van der Waals surface area contributed by atoms with Crippen LogP contribution in [-0.2, 0) is 4.79 Å². The van der Waals surface area contributed by atoms with Gasteiger partial charge >= 0.3 is 0 Å². The molecule has 1 aliphatic rings. The fourth-order valence-corrected chi connectivity index (χ4v) is 2.98. The van der Waals surface area contributed by atoms with Gasteiger partial charge in [-0.15, -0.1) is 0 Å². The Morgan fingerprint density at radius 2 is 1.90 bits per heavy atom. The molecule has 4 heteroatoms. The molecule has 1 aromatic carbocycles. The number of rotatable bonds is 5. The van der Waals surface area contributed by atoms with E-state index in [-0.39, 0.29) is 18.6 Å². The van der Waals surface area contributed by atoms with Crippen LogP contribution in [-0.4, -0.2) is 24.2 Å². The monoisotopic (exact) mass is 276 g/mol. The second-order valence-corrected chi connectivity index (χ2v) is 5.66. The second-order valence-electron chi connectivity index (χ2n) is 5.66. The third-order valence-corrected chi connectivity index (χ3v) is 4.37. The van der Waals surface area contributed by atoms with Crippen molar-refractivity contribution in [1.29, 1.82) is 0 Å². The van der Waals surface area contributed by atoms with Gasteiger partial charge in [0.05, 0.1) is 18.1 Å². The summed E-state index contributed by atoms with van der Waals surface area (Å²) in [7, 11) is 0. The summed E-state index contributed by atoms with van der Waals surface area (Å²) in [6, 6.07) is 9.21. The van der Waals surface area contributed by atoms with Gasteiger partial charge in [-0.1, -0.05) is 49.6 Å². The van der Waals surface area contributed by atoms with E-state index in [2.05, 4.69) is 5.32 Å². The summed E-state index contributed by atoms with van der Waals surface area (Å²) in [5, 5.41) is 12.5. The van der Waals surface area contributed by atoms with Gasteiger partial charge in [-0.2, -0.15) is 0 Å². The largest absolute Gasteiger partial charge is 0.394 e. The van der Waals surface area contributed by atoms with Crippen molar-refractivity contribution in [3.05, 3.63) is 35.9 Å². The zero-order valence-corrected chi connectivity index (χ0v) is 11.8. The number of aliphatic hydroxyl groups excluding tert-OH is 1. The molecular formula is C16H24N2O2. The van der Waals surface area contributed by atoms with Crippen molar-refractivity contribution in [2.75, 3.05) is 13.2 Å². The normalized spacial score (nSPS) is 19.3. The topological polar surface area (TPSA) is 75.4 Å². The van der Waals surface area contributed by atoms with E-state index in [1.165, 1.54) is 6.42 Å². The van der Waals surface area contributed by atoms with Gasteiger partial charge in [0.1, 0.15) is 0 Å². The molecule has 0 saturated heterocycles. The van der Waals surface area contributed by atoms with Gasteiger partial charge in [-0.25, -0.2) is 0 Å². The Labute approximate surface area is 120 Å². The summed E-state index contributed by atoms with van der Waals surface area (Å²) in [4.78, 5) is 12.6. The van der Waals surface area contributed by atoms with Crippen molar-refractivity contribution >= 4 is 5.91 Å². The number of amides is 1. The maximum atomic E-state index is 12.6. The maximum Gasteiger partial charge on any atom is 0.228 e. The molecule has 0 bridgehead atoms. The minimum Gasteiger partial charge on any atom is -0.394 e. The van der Waals surface area contributed by atoms with E-state index in [4.69, 9.17) is 5.73 Å². The summed E-state index contributed by atoms with van der Waals surface area (Å²) < 4.78 is 0. The number of nitrogens with one attached hydrogen (secondary N) is 1. The average molecular weight is 276 g/mol. The Hall–Kier alpha value is -1.39. The van der Waals surface area contributed by atoms with E-state index in [9.17, 15) is 9.90 Å². The lowest BCUT2D eigenvalue weighted by atomic mass is 9.73. The Kier molecular flexibility index (Phi) is 5.15. The zero-order valence-electron chi connectivity index (χ0n) is 11.8. The van der Waals surface area contributed by atoms with Crippen molar-refractivity contribution in [2.45, 2.75) is 38.1 Å². The van der Waals surface area contributed by atoms with Crippen LogP contribution >= 0.6 is 0 Å². The molecule has 1 unspecified atom stereocenters. The van der Waals surface area contributed by atoms with E-state index in [0.717, 1.165) is 31.2 Å². The maximum absolute atomic E-state index is 12.6. The molecule has 1 fully saturated rings. The first kappa shape index (κ1) is 15.0. The molecule has 110 valence electrons. The van der Waals surface area contributed by atoms with Gasteiger partial charge in [0, 0.05) is 6.54 Å². The van der Waals surface area contributed by atoms with Crippen LogP contribution in [0.2, 0.25) is 0 Å². The Bertz CT molecular complexity index is 427. The predicted octanol–water partition coefficient (Wildman–Crippen LogP) is 1.75. The fourth-order valence-electron chi connectivity index (χ4n) is 2.98. The van der Waals surface area contributed by atoms with E-state index in [0.29, 0.717) is 6.54 Å². The molecule has 1 atom stereocenters. The van der Waals surface area contributed by atoms with Crippen LogP contribution in [0.5, 0.6) is 0 Å². The zero-order chi connectivity index (χ0) is 14.4. The number of nitrogens with two attached hydrogens (primary N) is 1. The molecule has 1 aliphatic carbocycles. The first-order chi connectivity index (χ1) is 9.72. The van der Waals surface area contributed by atoms with Crippen LogP contribution in [0.25, 0.3) is 0 Å². The van der Waals surface area contributed by atoms with Crippen LogP contribution < -0.4 is 11.1 Å². The van der Waals surface area contributed by atoms with Crippen molar-refractivity contribution in [3.63, 3.8) is 0 Å². The summed E-state index contributed by atoms with van der Waals surface area (Å²) in [5.74, 6) is -0.0115. The van der Waals surface area contributed by atoms with Crippen molar-refractivity contribution < 1.29 is 9.90 Å². The molecule has 0 aliphatic heterocycles. The molecule has 0 radical (unpaired) electrons. The Morgan fingerprint density at radius 3 is 2.45 bits per heavy atom. The first-order valence-corrected chi connectivity index (χ1v) is 7.39. The highest BCUT2D eigenvalue weighted by Crippen LogP contribution is 2.36. The molecule has 1 saturated carbocycles. The highest BCUT2D eigenvalue weighted by atomic mass is 16.3. The van der Waals surface area contributed by atoms with Crippen molar-refractivity contribution in [3.8, 4) is 0 Å². The second kappa shape index (κ2) is 6.86. The third kappa shape index (κ3) is 3.19. The number of carbonyl (C=O) groups is 1. The number of benzene rings is 1. The van der Waals surface area contributed by atoms with Crippen LogP contribution in [0.3, 0.4) is 0 Å². The predicted molar refractivity (Wildman–Crippen MR) is 79.0 cm³/mol. The highest BCUT2D eigenvalue weighted by Gasteiger charge is 2.38. The van der Waals surface area contributed by atoms with Gasteiger partial charge in [0.2, 0.25) is 5.91 Å². The van der Waals surface area contributed by atoms with Crippen LogP contribution in [0, 0.1) is 5.41 Å². The standard InChI is InChI=1S/C16H24N2O2/c17-12-16(9-5-2-6-10-16)15(20)18-14(11-19)13-7-3-1-4-8-13/h1,3-4,7-8,14,19H,2,5-6,9-12,17H2,(H,18,20). The molecule has 20 heavy (non-hydrogen) atoms. The van der Waals surface area contributed by atoms with E-state index < -0.39 is 5.41 Å². The SMILES string of the molecule is NCC1(C(=O)NC(CO)c2ccccc2)CCCCC1. The molecule has 4 N–H and O–H groups in total. The number of aliphatic hydroxyl groups is 1. The minimum absolute atomic E-state index is 0.0115. The van der Waals surface area contributed by atoms with E-state index in [1.54, 1.807) is 0 Å². The van der Waals surface area contributed by atoms with E-state index >= 15 is 0 Å². The molecule has 1 amide bonds. The highest BCUT2D eigenvalue weighted by molar-refractivity contribution is 5.83. The molecule has 0 aromatic heterocycles. The molecule has 2 rings (SSSR count). The van der Waals surface area contributed by atoms with Gasteiger partial charge < -0.3 is 16.2 Å². The van der Waals surface area contributed by atoms with Crippen LogP contribution in [0.4, 0.5) is 0 Å². The van der Waals surface area contributed by atoms with Gasteiger partial charge in [-0.3, -0.25) is 4.79 Å². The Balaban J connectivity index is 2.08. The van der Waals surface area contributed by atoms with Crippen molar-refractivity contribution in [2.24, 2.45) is 11.1 Å². The minimum atomic E-state index is -0.444. The number of carbonyl (C=O) groups excluding carboxylic acids is 1. The Morgan fingerprint density at radius 1 is 1.25 bits per heavy atom. The summed E-state index contributed by atoms with van der Waals surface area (Å²) in [6.45, 7) is 0.280. The van der Waals surface area contributed by atoms with Crippen LogP contribution in [0.1, 0.15) is 43.7 Å². The van der Waals surface area contributed by atoms with Crippen LogP contribution in [0.15, 0.2) is 30.3 Å². The van der Waals surface area contributed by atoms with Gasteiger partial charge in [-0.05, 0) is 18.4 Å². The fraction of sp³-hybridized carbons (Fsp3) is 0.562. The summed E-state index contributed by atoms with van der Waals surface area (Å²) >= 11 is 0. The third-order valence-electron chi connectivity index (χ3n) is 4.37. The van der Waals surface area contributed by atoms with Crippen molar-refractivity contribution in [1.82, 2.24) is 5.32 Å².